The van der Waals surface area contributed by atoms with Gasteiger partial charge in [0, 0.05) is 0 Å². The molecule has 0 amide bonds. The van der Waals surface area contributed by atoms with E-state index in [0.29, 0.717) is 29.9 Å². The molecule has 0 fully saturated rings. The standard InChI is InChI=1S/C26H40Se2Si2/c1-8-9-10-11-12-24(28-23-15-19-26(20-16-23)30(5,6)7)21-27-22-13-17-25(18-14-22)29(2,3)4/h13-21H,8-12H2,1-7H3/b24-21-. The average molecular weight is 567 g/mol. The predicted octanol–water partition coefficient (Wildman–Crippen LogP) is 4.95. The molecule has 0 nitrogen and oxygen atoms in total. The van der Waals surface area contributed by atoms with Gasteiger partial charge < -0.3 is 0 Å². The first-order chi connectivity index (χ1) is 14.1. The molecular formula is C26H40Se2Si2. The van der Waals surface area contributed by atoms with Crippen LogP contribution in [0.4, 0.5) is 0 Å². The Bertz CT molecular complexity index is 795. The topological polar surface area (TPSA) is 0 Å². The van der Waals surface area contributed by atoms with Gasteiger partial charge in [0.25, 0.3) is 0 Å². The Balaban J connectivity index is 2.09. The molecule has 0 N–H and O–H groups in total. The second-order valence-electron chi connectivity index (χ2n) is 10.2. The van der Waals surface area contributed by atoms with Crippen LogP contribution in [-0.4, -0.2) is 46.1 Å². The summed E-state index contributed by atoms with van der Waals surface area (Å²) in [5.74, 6) is 0. The van der Waals surface area contributed by atoms with Crippen molar-refractivity contribution in [3.05, 3.63) is 58.0 Å². The van der Waals surface area contributed by atoms with Crippen molar-refractivity contribution in [1.29, 1.82) is 0 Å². The van der Waals surface area contributed by atoms with Gasteiger partial charge >= 0.3 is 202 Å². The first-order valence-corrected chi connectivity index (χ1v) is 21.9. The summed E-state index contributed by atoms with van der Waals surface area (Å²) in [6.45, 7) is 16.9. The monoisotopic (exact) mass is 568 g/mol. The molecule has 0 aliphatic rings. The third kappa shape index (κ3) is 9.03. The van der Waals surface area contributed by atoms with Crippen LogP contribution < -0.4 is 19.3 Å². The van der Waals surface area contributed by atoms with Crippen LogP contribution in [0.1, 0.15) is 39.0 Å². The molecule has 2 aromatic rings. The van der Waals surface area contributed by atoms with Crippen LogP contribution in [0, 0.1) is 0 Å². The molecule has 0 saturated heterocycles. The minimum atomic E-state index is -1.21. The van der Waals surface area contributed by atoms with Crippen molar-refractivity contribution in [2.75, 3.05) is 0 Å². The zero-order chi connectivity index (χ0) is 22.2. The minimum absolute atomic E-state index is 0.443. The van der Waals surface area contributed by atoms with Crippen LogP contribution in [0.5, 0.6) is 0 Å². The van der Waals surface area contributed by atoms with Gasteiger partial charge in [-0.05, 0) is 0 Å². The summed E-state index contributed by atoms with van der Waals surface area (Å²) in [6, 6.07) is 19.2. The van der Waals surface area contributed by atoms with Crippen molar-refractivity contribution in [3.63, 3.8) is 0 Å². The van der Waals surface area contributed by atoms with E-state index in [1.807, 2.05) is 0 Å². The summed E-state index contributed by atoms with van der Waals surface area (Å²) >= 11 is 0.905. The van der Waals surface area contributed by atoms with E-state index in [-0.39, 0.29) is 0 Å². The molecule has 0 saturated carbocycles. The molecule has 0 heterocycles. The molecule has 0 unspecified atom stereocenters. The Kier molecular flexibility index (Phi) is 10.4. The van der Waals surface area contributed by atoms with E-state index in [9.17, 15) is 0 Å². The summed E-state index contributed by atoms with van der Waals surface area (Å²) in [6.07, 6.45) is 6.68. The first-order valence-electron chi connectivity index (χ1n) is 11.3. The van der Waals surface area contributed by atoms with Crippen molar-refractivity contribution in [2.45, 2.75) is 78.3 Å². The number of benzene rings is 2. The van der Waals surface area contributed by atoms with Gasteiger partial charge in [0.15, 0.2) is 0 Å². The van der Waals surface area contributed by atoms with E-state index in [0.717, 1.165) is 0 Å². The number of hydrogen-bond acceptors (Lipinski definition) is 0. The van der Waals surface area contributed by atoms with E-state index in [4.69, 9.17) is 0 Å². The summed E-state index contributed by atoms with van der Waals surface area (Å²) < 4.78 is 4.75. The number of allylic oxidation sites excluding steroid dienone is 1. The molecule has 2 aromatic carbocycles. The molecule has 2 rings (SSSR count). The fourth-order valence-corrected chi connectivity index (χ4v) is 9.83. The molecule has 4 heteroatoms. The second-order valence-corrected chi connectivity index (χ2v) is 24.8. The first kappa shape index (κ1) is 25.9. The maximum absolute atomic E-state index is 2.61. The Morgan fingerprint density at radius 1 is 0.700 bits per heavy atom. The van der Waals surface area contributed by atoms with Gasteiger partial charge in [-0.1, -0.05) is 0 Å². The Labute approximate surface area is 200 Å². The van der Waals surface area contributed by atoms with Crippen molar-refractivity contribution in [2.24, 2.45) is 0 Å². The van der Waals surface area contributed by atoms with Crippen LogP contribution in [0.3, 0.4) is 0 Å². The van der Waals surface area contributed by atoms with Crippen LogP contribution in [0.15, 0.2) is 58.0 Å². The van der Waals surface area contributed by atoms with Gasteiger partial charge in [-0.15, -0.1) is 0 Å². The van der Waals surface area contributed by atoms with Gasteiger partial charge in [0.1, 0.15) is 0 Å². The molecule has 30 heavy (non-hydrogen) atoms. The van der Waals surface area contributed by atoms with E-state index in [2.05, 4.69) is 99.7 Å². The zero-order valence-electron chi connectivity index (χ0n) is 20.0. The number of unbranched alkanes of at least 4 members (excludes halogenated alkanes) is 3. The Hall–Kier alpha value is -0.347. The van der Waals surface area contributed by atoms with E-state index < -0.39 is 16.1 Å². The zero-order valence-corrected chi connectivity index (χ0v) is 25.5. The van der Waals surface area contributed by atoms with Gasteiger partial charge in [-0.25, -0.2) is 0 Å². The SMILES string of the molecule is CCCCCC/C(=C/[Se]c1ccc([Si](C)(C)C)cc1)[Se]c1ccc([Si](C)(C)C)cc1. The molecule has 0 aliphatic heterocycles. The quantitative estimate of drug-likeness (QED) is 0.267. The van der Waals surface area contributed by atoms with Gasteiger partial charge in [0.2, 0.25) is 0 Å². The predicted molar refractivity (Wildman–Crippen MR) is 146 cm³/mol. The van der Waals surface area contributed by atoms with Crippen LogP contribution in [0.2, 0.25) is 39.3 Å². The van der Waals surface area contributed by atoms with Gasteiger partial charge in [-0.3, -0.25) is 0 Å². The molecular weight excluding hydrogens is 526 g/mol. The third-order valence-corrected chi connectivity index (χ3v) is 14.5. The molecule has 0 spiro atoms. The fraction of sp³-hybridized carbons (Fsp3) is 0.462. The molecule has 0 bridgehead atoms. The summed E-state index contributed by atoms with van der Waals surface area (Å²) in [4.78, 5) is 2.61. The molecule has 164 valence electrons. The number of rotatable bonds is 11. The van der Waals surface area contributed by atoms with Crippen LogP contribution >= 0.6 is 0 Å². The van der Waals surface area contributed by atoms with Crippen LogP contribution in [0.25, 0.3) is 0 Å². The van der Waals surface area contributed by atoms with Gasteiger partial charge in [0.05, 0.1) is 0 Å². The van der Waals surface area contributed by atoms with E-state index in [1.54, 1.807) is 14.8 Å². The average Bonchev–Trinajstić information content (AvgIpc) is 2.68. The van der Waals surface area contributed by atoms with Crippen LogP contribution in [-0.2, 0) is 0 Å². The van der Waals surface area contributed by atoms with E-state index in [1.165, 1.54) is 41.0 Å². The normalized spacial score (nSPS) is 13.0. The third-order valence-electron chi connectivity index (χ3n) is 5.29. The van der Waals surface area contributed by atoms with E-state index >= 15 is 0 Å². The summed E-state index contributed by atoms with van der Waals surface area (Å²) in [7, 11) is -2.40. The summed E-state index contributed by atoms with van der Waals surface area (Å²) in [5.41, 5.74) is 0. The molecule has 0 atom stereocenters. The van der Waals surface area contributed by atoms with Crippen molar-refractivity contribution in [1.82, 2.24) is 0 Å². The van der Waals surface area contributed by atoms with Crippen molar-refractivity contribution in [3.8, 4) is 0 Å². The number of hydrogen-bond donors (Lipinski definition) is 0. The van der Waals surface area contributed by atoms with Crippen molar-refractivity contribution < 1.29 is 0 Å². The fourth-order valence-electron chi connectivity index (χ4n) is 3.20. The van der Waals surface area contributed by atoms with Crippen molar-refractivity contribution >= 4 is 65.4 Å². The molecule has 0 radical (unpaired) electrons. The Morgan fingerprint density at radius 2 is 1.20 bits per heavy atom. The van der Waals surface area contributed by atoms with Gasteiger partial charge in [-0.2, -0.15) is 0 Å². The molecule has 0 aromatic heterocycles. The Morgan fingerprint density at radius 3 is 1.67 bits per heavy atom. The second kappa shape index (κ2) is 12.0. The maximum atomic E-state index is 2.61. The molecule has 0 aliphatic carbocycles. The summed E-state index contributed by atoms with van der Waals surface area (Å²) in [5, 5.41) is 3.14.